The molecule has 170 valence electrons. The van der Waals surface area contributed by atoms with Crippen molar-refractivity contribution in [3.05, 3.63) is 59.7 Å². The minimum absolute atomic E-state index is 0.0225. The van der Waals surface area contributed by atoms with E-state index >= 15 is 0 Å². The van der Waals surface area contributed by atoms with E-state index in [0.717, 1.165) is 0 Å². The van der Waals surface area contributed by atoms with Crippen LogP contribution in [0.25, 0.3) is 11.1 Å². The lowest BCUT2D eigenvalue weighted by molar-refractivity contribution is -0.137. The minimum Gasteiger partial charge on any atom is -0.481 e. The molecule has 7 nitrogen and oxygen atoms in total. The van der Waals surface area contributed by atoms with E-state index in [1.54, 1.807) is 6.92 Å². The number of carbonyl (C=O) groups is 3. The number of thioether (sulfide) groups is 1. The van der Waals surface area contributed by atoms with Gasteiger partial charge in [-0.2, -0.15) is 11.8 Å². The highest BCUT2D eigenvalue weighted by Crippen LogP contribution is 2.44. The van der Waals surface area contributed by atoms with E-state index in [0.29, 0.717) is 18.7 Å². The average molecular weight is 457 g/mol. The van der Waals surface area contributed by atoms with E-state index in [-0.39, 0.29) is 36.6 Å². The molecule has 3 rings (SSSR count). The zero-order valence-electron chi connectivity index (χ0n) is 18.0. The van der Waals surface area contributed by atoms with Gasteiger partial charge in [0, 0.05) is 30.7 Å². The number of carboxylic acids is 1. The predicted molar refractivity (Wildman–Crippen MR) is 125 cm³/mol. The molecule has 0 fully saturated rings. The molecule has 3 N–H and O–H groups in total. The van der Waals surface area contributed by atoms with Crippen LogP contribution in [0.15, 0.2) is 48.5 Å². The second-order valence-corrected chi connectivity index (χ2v) is 8.81. The number of hydrogen-bond donors (Lipinski definition) is 3. The highest BCUT2D eigenvalue weighted by molar-refractivity contribution is 7.99. The van der Waals surface area contributed by atoms with Crippen LogP contribution in [0.4, 0.5) is 4.79 Å². The molecule has 32 heavy (non-hydrogen) atoms. The summed E-state index contributed by atoms with van der Waals surface area (Å²) in [5.41, 5.74) is 4.70. The molecule has 2 aromatic carbocycles. The first-order valence-electron chi connectivity index (χ1n) is 10.6. The van der Waals surface area contributed by atoms with Crippen molar-refractivity contribution < 1.29 is 24.2 Å². The average Bonchev–Trinajstić information content (AvgIpc) is 3.10. The first-order chi connectivity index (χ1) is 15.5. The Morgan fingerprint density at radius 3 is 2.31 bits per heavy atom. The van der Waals surface area contributed by atoms with Crippen molar-refractivity contribution in [3.8, 4) is 11.1 Å². The number of rotatable bonds is 11. The molecular formula is C24H28N2O5S. The van der Waals surface area contributed by atoms with Gasteiger partial charge < -0.3 is 20.5 Å². The van der Waals surface area contributed by atoms with Crippen LogP contribution in [-0.4, -0.2) is 53.8 Å². The number of amides is 2. The van der Waals surface area contributed by atoms with Crippen LogP contribution < -0.4 is 10.6 Å². The van der Waals surface area contributed by atoms with Crippen molar-refractivity contribution in [2.45, 2.75) is 31.7 Å². The molecule has 0 saturated carbocycles. The molecule has 1 atom stereocenters. The van der Waals surface area contributed by atoms with Crippen LogP contribution in [0.1, 0.15) is 36.8 Å². The Hall–Kier alpha value is -3.00. The van der Waals surface area contributed by atoms with Crippen LogP contribution in [-0.2, 0) is 14.3 Å². The zero-order chi connectivity index (χ0) is 22.9. The molecule has 1 aliphatic carbocycles. The number of nitrogens with one attached hydrogen (secondary N) is 2. The maximum atomic E-state index is 12.1. The van der Waals surface area contributed by atoms with Crippen LogP contribution >= 0.6 is 11.8 Å². The number of benzene rings is 2. The van der Waals surface area contributed by atoms with Gasteiger partial charge in [-0.3, -0.25) is 9.59 Å². The SMILES string of the molecule is CC(CCC(=O)O)NC(=O)CSCCNC(=O)OCC1c2ccccc2-c2ccccc21. The van der Waals surface area contributed by atoms with E-state index < -0.39 is 12.1 Å². The molecule has 0 radical (unpaired) electrons. The van der Waals surface area contributed by atoms with Crippen molar-refractivity contribution in [1.29, 1.82) is 0 Å². The smallest absolute Gasteiger partial charge is 0.407 e. The van der Waals surface area contributed by atoms with Crippen LogP contribution in [0.5, 0.6) is 0 Å². The van der Waals surface area contributed by atoms with Gasteiger partial charge >= 0.3 is 12.1 Å². The molecule has 0 aromatic heterocycles. The topological polar surface area (TPSA) is 105 Å². The Kier molecular flexibility index (Phi) is 8.56. The van der Waals surface area contributed by atoms with E-state index in [2.05, 4.69) is 34.9 Å². The highest BCUT2D eigenvalue weighted by atomic mass is 32.2. The van der Waals surface area contributed by atoms with Gasteiger partial charge in [-0.1, -0.05) is 48.5 Å². The summed E-state index contributed by atoms with van der Waals surface area (Å²) in [6, 6.07) is 16.2. The minimum atomic E-state index is -0.875. The van der Waals surface area contributed by atoms with Crippen LogP contribution in [0, 0.1) is 0 Å². The van der Waals surface area contributed by atoms with E-state index in [4.69, 9.17) is 9.84 Å². The number of fused-ring (bicyclic) bond motifs is 3. The molecule has 2 amide bonds. The summed E-state index contributed by atoms with van der Waals surface area (Å²) in [6.07, 6.45) is -0.0486. The summed E-state index contributed by atoms with van der Waals surface area (Å²) in [5.74, 6) is -0.173. The molecule has 8 heteroatoms. The normalized spacial score (nSPS) is 13.0. The van der Waals surface area contributed by atoms with Crippen molar-refractivity contribution in [2.75, 3.05) is 24.7 Å². The standard InChI is InChI=1S/C24H28N2O5S/c1-16(10-11-23(28)29)26-22(27)15-32-13-12-25-24(30)31-14-21-19-8-4-2-6-17(19)18-7-3-5-9-20(18)21/h2-9,16,21H,10-15H2,1H3,(H,25,30)(H,26,27)(H,28,29). The molecule has 0 bridgehead atoms. The van der Waals surface area contributed by atoms with Gasteiger partial charge in [0.1, 0.15) is 6.61 Å². The molecule has 1 aliphatic rings. The second-order valence-electron chi connectivity index (χ2n) is 7.71. The zero-order valence-corrected chi connectivity index (χ0v) is 18.8. The summed E-state index contributed by atoms with van der Waals surface area (Å²) in [7, 11) is 0. The largest absolute Gasteiger partial charge is 0.481 e. The van der Waals surface area contributed by atoms with Gasteiger partial charge in [0.15, 0.2) is 0 Å². The van der Waals surface area contributed by atoms with Gasteiger partial charge in [-0.25, -0.2) is 4.79 Å². The number of carbonyl (C=O) groups excluding carboxylic acids is 2. The first kappa shape index (κ1) is 23.7. The van der Waals surface area contributed by atoms with Gasteiger partial charge in [0.25, 0.3) is 0 Å². The second kappa shape index (κ2) is 11.6. The summed E-state index contributed by atoms with van der Waals surface area (Å²) in [5, 5.41) is 14.2. The highest BCUT2D eigenvalue weighted by Gasteiger charge is 2.28. The molecule has 0 aliphatic heterocycles. The third kappa shape index (κ3) is 6.50. The monoisotopic (exact) mass is 456 g/mol. The Morgan fingerprint density at radius 1 is 1.06 bits per heavy atom. The summed E-state index contributed by atoms with van der Waals surface area (Å²) >= 11 is 1.40. The Balaban J connectivity index is 1.34. The lowest BCUT2D eigenvalue weighted by Gasteiger charge is -2.14. The molecule has 2 aromatic rings. The van der Waals surface area contributed by atoms with Gasteiger partial charge in [0.2, 0.25) is 5.91 Å². The molecule has 0 heterocycles. The molecule has 0 saturated heterocycles. The number of hydrogen-bond acceptors (Lipinski definition) is 5. The molecule has 0 spiro atoms. The van der Waals surface area contributed by atoms with Crippen molar-refractivity contribution in [3.63, 3.8) is 0 Å². The van der Waals surface area contributed by atoms with Crippen LogP contribution in [0.2, 0.25) is 0 Å². The first-order valence-corrected chi connectivity index (χ1v) is 11.8. The number of carboxylic acid groups (broad SMARTS) is 1. The lowest BCUT2D eigenvalue weighted by atomic mass is 9.98. The van der Waals surface area contributed by atoms with Gasteiger partial charge in [-0.15, -0.1) is 0 Å². The fourth-order valence-corrected chi connectivity index (χ4v) is 4.43. The Morgan fingerprint density at radius 2 is 1.69 bits per heavy atom. The van der Waals surface area contributed by atoms with E-state index in [1.807, 2.05) is 24.3 Å². The maximum absolute atomic E-state index is 12.1. The Bertz CT molecular complexity index is 919. The summed E-state index contributed by atoms with van der Waals surface area (Å²) < 4.78 is 5.48. The van der Waals surface area contributed by atoms with E-state index in [1.165, 1.54) is 34.0 Å². The fraction of sp³-hybridized carbons (Fsp3) is 0.375. The molecular weight excluding hydrogens is 428 g/mol. The van der Waals surface area contributed by atoms with Gasteiger partial charge in [-0.05, 0) is 35.6 Å². The van der Waals surface area contributed by atoms with Gasteiger partial charge in [0.05, 0.1) is 5.75 Å². The Labute approximate surface area is 191 Å². The van der Waals surface area contributed by atoms with E-state index in [9.17, 15) is 14.4 Å². The lowest BCUT2D eigenvalue weighted by Crippen LogP contribution is -2.34. The summed E-state index contributed by atoms with van der Waals surface area (Å²) in [6.45, 7) is 2.44. The third-order valence-electron chi connectivity index (χ3n) is 5.29. The third-order valence-corrected chi connectivity index (χ3v) is 6.25. The van der Waals surface area contributed by atoms with Crippen molar-refractivity contribution >= 4 is 29.7 Å². The fourth-order valence-electron chi connectivity index (χ4n) is 3.77. The number of alkyl carbamates (subject to hydrolysis) is 1. The number of ether oxygens (including phenoxy) is 1. The predicted octanol–water partition coefficient (Wildman–Crippen LogP) is 3.63. The number of aliphatic carboxylic acids is 1. The quantitative estimate of drug-likeness (QED) is 0.446. The van der Waals surface area contributed by atoms with Crippen molar-refractivity contribution in [1.82, 2.24) is 10.6 Å². The summed E-state index contributed by atoms with van der Waals surface area (Å²) in [4.78, 5) is 34.5. The van der Waals surface area contributed by atoms with Crippen molar-refractivity contribution in [2.24, 2.45) is 0 Å². The maximum Gasteiger partial charge on any atom is 0.407 e. The molecule has 1 unspecified atom stereocenters. The van der Waals surface area contributed by atoms with Crippen LogP contribution in [0.3, 0.4) is 0 Å².